The highest BCUT2D eigenvalue weighted by Crippen LogP contribution is 2.28. The molecule has 1 aromatic carbocycles. The zero-order valence-electron chi connectivity index (χ0n) is 11.9. The highest BCUT2D eigenvalue weighted by atomic mass is 32.2. The van der Waals surface area contributed by atoms with Crippen molar-refractivity contribution in [3.05, 3.63) is 30.3 Å². The summed E-state index contributed by atoms with van der Waals surface area (Å²) in [4.78, 5) is 36.8. The second-order valence-corrected chi connectivity index (χ2v) is 5.48. The quantitative estimate of drug-likeness (QED) is 0.676. The lowest BCUT2D eigenvalue weighted by atomic mass is 10.1. The topological polar surface area (TPSA) is 69.7 Å². The molecule has 0 aliphatic carbocycles. The number of anilines is 1. The first-order chi connectivity index (χ1) is 10.1. The molecule has 1 fully saturated rings. The van der Waals surface area contributed by atoms with Crippen molar-refractivity contribution in [1.82, 2.24) is 8.61 Å². The molecule has 1 aliphatic heterocycles. The molecule has 1 aliphatic rings. The van der Waals surface area contributed by atoms with E-state index >= 15 is 0 Å². The largest absolute Gasteiger partial charge is 0.325 e. The fourth-order valence-corrected chi connectivity index (χ4v) is 2.82. The third-order valence-corrected chi connectivity index (χ3v) is 4.33. The molecular weight excluding hydrogens is 290 g/mol. The van der Waals surface area contributed by atoms with Crippen LogP contribution < -0.4 is 5.32 Å². The van der Waals surface area contributed by atoms with Gasteiger partial charge in [-0.25, -0.2) is 0 Å². The zero-order chi connectivity index (χ0) is 15.4. The lowest BCUT2D eigenvalue weighted by molar-refractivity contribution is -0.147. The molecule has 6 nitrogen and oxygen atoms in total. The summed E-state index contributed by atoms with van der Waals surface area (Å²) in [6.07, 6.45) is 0. The Hall–Kier alpha value is -2.02. The van der Waals surface area contributed by atoms with E-state index < -0.39 is 23.6 Å². The SMILES string of the molecule is CCN1SN(CC)C(=O)C(C(=O)Nc2ccccc2)C1=O. The summed E-state index contributed by atoms with van der Waals surface area (Å²) in [5, 5.41) is 2.62. The van der Waals surface area contributed by atoms with Crippen LogP contribution in [-0.2, 0) is 14.4 Å². The Morgan fingerprint density at radius 3 is 2.10 bits per heavy atom. The number of hydrogen-bond acceptors (Lipinski definition) is 4. The Balaban J connectivity index is 2.20. The second kappa shape index (κ2) is 6.62. The van der Waals surface area contributed by atoms with Crippen molar-refractivity contribution in [2.45, 2.75) is 13.8 Å². The number of amides is 3. The standard InChI is InChI=1S/C14H17N3O3S/c1-3-16-13(19)11(14(20)17(4-2)21-16)12(18)15-10-8-6-5-7-9-10/h5-9,11H,3-4H2,1-2H3,(H,15,18). The van der Waals surface area contributed by atoms with Gasteiger partial charge in [-0.05, 0) is 26.0 Å². The van der Waals surface area contributed by atoms with E-state index in [9.17, 15) is 14.4 Å². The molecule has 1 saturated heterocycles. The highest BCUT2D eigenvalue weighted by molar-refractivity contribution is 7.95. The first-order valence-electron chi connectivity index (χ1n) is 6.75. The summed E-state index contributed by atoms with van der Waals surface area (Å²) in [5.74, 6) is -2.84. The predicted molar refractivity (Wildman–Crippen MR) is 80.9 cm³/mol. The maximum absolute atomic E-state index is 12.3. The van der Waals surface area contributed by atoms with E-state index in [2.05, 4.69) is 5.32 Å². The minimum atomic E-state index is -1.31. The fraction of sp³-hybridized carbons (Fsp3) is 0.357. The van der Waals surface area contributed by atoms with Gasteiger partial charge >= 0.3 is 0 Å². The van der Waals surface area contributed by atoms with Gasteiger partial charge in [0.05, 0.1) is 12.1 Å². The van der Waals surface area contributed by atoms with E-state index in [1.54, 1.807) is 38.1 Å². The molecule has 0 radical (unpaired) electrons. The van der Waals surface area contributed by atoms with Gasteiger partial charge in [0.1, 0.15) is 0 Å². The molecule has 0 aromatic heterocycles. The highest BCUT2D eigenvalue weighted by Gasteiger charge is 2.44. The number of nitrogens with zero attached hydrogens (tertiary/aromatic N) is 2. The van der Waals surface area contributed by atoms with E-state index in [-0.39, 0.29) is 0 Å². The molecule has 112 valence electrons. The van der Waals surface area contributed by atoms with E-state index in [4.69, 9.17) is 0 Å². The van der Waals surface area contributed by atoms with Crippen molar-refractivity contribution in [2.75, 3.05) is 18.4 Å². The molecule has 0 unspecified atom stereocenters. The monoisotopic (exact) mass is 307 g/mol. The van der Waals surface area contributed by atoms with Gasteiger partial charge in [0.25, 0.3) is 11.8 Å². The Kier molecular flexibility index (Phi) is 4.85. The Bertz CT molecular complexity index is 528. The van der Waals surface area contributed by atoms with Gasteiger partial charge in [-0.3, -0.25) is 23.0 Å². The van der Waals surface area contributed by atoms with Crippen LogP contribution in [0.15, 0.2) is 30.3 Å². The molecule has 1 N–H and O–H groups in total. The van der Waals surface area contributed by atoms with Gasteiger partial charge in [-0.15, -0.1) is 0 Å². The van der Waals surface area contributed by atoms with Crippen LogP contribution >= 0.6 is 12.1 Å². The maximum atomic E-state index is 12.3. The van der Waals surface area contributed by atoms with Gasteiger partial charge < -0.3 is 5.32 Å². The van der Waals surface area contributed by atoms with E-state index in [1.807, 2.05) is 6.07 Å². The van der Waals surface area contributed by atoms with Crippen LogP contribution in [0.1, 0.15) is 13.8 Å². The number of nitrogens with one attached hydrogen (secondary N) is 1. The number of benzene rings is 1. The smallest absolute Gasteiger partial charge is 0.256 e. The molecule has 1 heterocycles. The van der Waals surface area contributed by atoms with Crippen molar-refractivity contribution in [3.8, 4) is 0 Å². The van der Waals surface area contributed by atoms with Crippen LogP contribution in [0, 0.1) is 5.92 Å². The summed E-state index contributed by atoms with van der Waals surface area (Å²) in [7, 11) is 0. The fourth-order valence-electron chi connectivity index (χ4n) is 1.98. The summed E-state index contributed by atoms with van der Waals surface area (Å²) in [6.45, 7) is 4.48. The third kappa shape index (κ3) is 3.18. The van der Waals surface area contributed by atoms with Gasteiger partial charge in [0.2, 0.25) is 5.91 Å². The number of rotatable bonds is 4. The minimum Gasteiger partial charge on any atom is -0.325 e. The first kappa shape index (κ1) is 15.4. The van der Waals surface area contributed by atoms with E-state index in [1.165, 1.54) is 8.61 Å². The second-order valence-electron chi connectivity index (χ2n) is 4.44. The van der Waals surface area contributed by atoms with E-state index in [0.29, 0.717) is 18.8 Å². The molecule has 0 saturated carbocycles. The number of carbonyl (C=O) groups excluding carboxylic acids is 3. The van der Waals surface area contributed by atoms with E-state index in [0.717, 1.165) is 12.1 Å². The van der Waals surface area contributed by atoms with Gasteiger partial charge in [-0.2, -0.15) is 0 Å². The minimum absolute atomic E-state index is 0.433. The molecule has 0 bridgehead atoms. The number of carbonyl (C=O) groups is 3. The van der Waals surface area contributed by atoms with Crippen molar-refractivity contribution in [1.29, 1.82) is 0 Å². The predicted octanol–water partition coefficient (Wildman–Crippen LogP) is 1.52. The molecule has 21 heavy (non-hydrogen) atoms. The number of para-hydroxylation sites is 1. The van der Waals surface area contributed by atoms with Gasteiger partial charge in [0.15, 0.2) is 5.92 Å². The summed E-state index contributed by atoms with van der Waals surface area (Å²) in [6, 6.07) is 8.78. The van der Waals surface area contributed by atoms with Crippen LogP contribution in [0.5, 0.6) is 0 Å². The van der Waals surface area contributed by atoms with Crippen molar-refractivity contribution in [2.24, 2.45) is 5.92 Å². The molecule has 0 atom stereocenters. The Morgan fingerprint density at radius 2 is 1.62 bits per heavy atom. The first-order valence-corrected chi connectivity index (χ1v) is 7.48. The molecule has 1 aromatic rings. The van der Waals surface area contributed by atoms with Crippen LogP contribution in [-0.4, -0.2) is 39.4 Å². The van der Waals surface area contributed by atoms with Crippen molar-refractivity contribution in [3.63, 3.8) is 0 Å². The summed E-state index contributed by atoms with van der Waals surface area (Å²) >= 11 is 1.06. The molecular formula is C14H17N3O3S. The lowest BCUT2D eigenvalue weighted by Crippen LogP contribution is -2.53. The summed E-state index contributed by atoms with van der Waals surface area (Å²) < 4.78 is 2.86. The van der Waals surface area contributed by atoms with Gasteiger partial charge in [-0.1, -0.05) is 18.2 Å². The van der Waals surface area contributed by atoms with Crippen LogP contribution in [0.25, 0.3) is 0 Å². The molecule has 2 rings (SSSR count). The maximum Gasteiger partial charge on any atom is 0.256 e. The van der Waals surface area contributed by atoms with Crippen LogP contribution in [0.3, 0.4) is 0 Å². The zero-order valence-corrected chi connectivity index (χ0v) is 12.7. The molecule has 7 heteroatoms. The Morgan fingerprint density at radius 1 is 1.10 bits per heavy atom. The average molecular weight is 307 g/mol. The number of hydrogen-bond donors (Lipinski definition) is 1. The van der Waals surface area contributed by atoms with Crippen molar-refractivity contribution < 1.29 is 14.4 Å². The molecule has 0 spiro atoms. The van der Waals surface area contributed by atoms with Crippen LogP contribution in [0.4, 0.5) is 5.69 Å². The Labute approximate surface area is 127 Å². The normalized spacial score (nSPS) is 16.3. The van der Waals surface area contributed by atoms with Crippen LogP contribution in [0.2, 0.25) is 0 Å². The van der Waals surface area contributed by atoms with Gasteiger partial charge in [0, 0.05) is 18.8 Å². The molecule has 3 amide bonds. The van der Waals surface area contributed by atoms with Crippen molar-refractivity contribution >= 4 is 35.5 Å². The summed E-state index contributed by atoms with van der Waals surface area (Å²) in [5.41, 5.74) is 0.562. The lowest BCUT2D eigenvalue weighted by Gasteiger charge is -2.35. The average Bonchev–Trinajstić information content (AvgIpc) is 2.48. The third-order valence-electron chi connectivity index (χ3n) is 3.06.